The normalized spacial score (nSPS) is 15.1. The minimum atomic E-state index is 0.550. The molecule has 1 heterocycles. The van der Waals surface area contributed by atoms with Crippen LogP contribution in [0.15, 0.2) is 24.5 Å². The molecule has 0 fully saturated rings. The topological polar surface area (TPSA) is 24.9 Å². The summed E-state index contributed by atoms with van der Waals surface area (Å²) in [4.78, 5) is 4.17. The van der Waals surface area contributed by atoms with Gasteiger partial charge in [-0.15, -0.1) is 0 Å². The summed E-state index contributed by atoms with van der Waals surface area (Å²) < 4.78 is 0. The Kier molecular flexibility index (Phi) is 5.47. The Morgan fingerprint density at radius 3 is 2.56 bits per heavy atom. The van der Waals surface area contributed by atoms with Gasteiger partial charge in [0.15, 0.2) is 0 Å². The zero-order chi connectivity index (χ0) is 12.0. The van der Waals surface area contributed by atoms with Crippen LogP contribution in [0.5, 0.6) is 0 Å². The minimum Gasteiger partial charge on any atom is -0.314 e. The first kappa shape index (κ1) is 13.2. The molecule has 1 N–H and O–H groups in total. The number of likely N-dealkylation sites (N-methyl/N-ethyl adjacent to an activating group) is 1. The maximum absolute atomic E-state index is 4.17. The molecule has 0 aliphatic heterocycles. The van der Waals surface area contributed by atoms with Crippen molar-refractivity contribution in [1.82, 2.24) is 10.3 Å². The van der Waals surface area contributed by atoms with Crippen LogP contribution in [0.4, 0.5) is 0 Å². The SMILES string of the molecule is CCNC(Cc1cccnc1)C(C)C(C)C. The van der Waals surface area contributed by atoms with Crippen LogP contribution < -0.4 is 5.32 Å². The van der Waals surface area contributed by atoms with Crippen molar-refractivity contribution in [1.29, 1.82) is 0 Å². The summed E-state index contributed by atoms with van der Waals surface area (Å²) in [6.45, 7) is 10.1. The largest absolute Gasteiger partial charge is 0.314 e. The molecule has 0 aromatic carbocycles. The van der Waals surface area contributed by atoms with Crippen LogP contribution in [-0.4, -0.2) is 17.6 Å². The van der Waals surface area contributed by atoms with Crippen LogP contribution in [0.3, 0.4) is 0 Å². The predicted molar refractivity (Wildman–Crippen MR) is 69.4 cm³/mol. The lowest BCUT2D eigenvalue weighted by molar-refractivity contribution is 0.300. The van der Waals surface area contributed by atoms with Gasteiger partial charge in [0.2, 0.25) is 0 Å². The second kappa shape index (κ2) is 6.64. The van der Waals surface area contributed by atoms with E-state index in [1.807, 2.05) is 18.5 Å². The highest BCUT2D eigenvalue weighted by Crippen LogP contribution is 2.17. The number of nitrogens with one attached hydrogen (secondary N) is 1. The van der Waals surface area contributed by atoms with Crippen molar-refractivity contribution in [3.8, 4) is 0 Å². The monoisotopic (exact) mass is 220 g/mol. The highest BCUT2D eigenvalue weighted by atomic mass is 14.9. The van der Waals surface area contributed by atoms with Gasteiger partial charge < -0.3 is 5.32 Å². The van der Waals surface area contributed by atoms with E-state index >= 15 is 0 Å². The van der Waals surface area contributed by atoms with E-state index in [0.717, 1.165) is 13.0 Å². The highest BCUT2D eigenvalue weighted by molar-refractivity contribution is 5.10. The number of hydrogen-bond donors (Lipinski definition) is 1. The summed E-state index contributed by atoms with van der Waals surface area (Å²) in [6, 6.07) is 4.72. The molecule has 0 amide bonds. The van der Waals surface area contributed by atoms with Crippen LogP contribution in [0, 0.1) is 11.8 Å². The van der Waals surface area contributed by atoms with E-state index in [9.17, 15) is 0 Å². The zero-order valence-electron chi connectivity index (χ0n) is 10.9. The third-order valence-corrected chi connectivity index (χ3v) is 3.33. The lowest BCUT2D eigenvalue weighted by atomic mass is 9.87. The molecular weight excluding hydrogens is 196 g/mol. The smallest absolute Gasteiger partial charge is 0.0300 e. The van der Waals surface area contributed by atoms with E-state index in [-0.39, 0.29) is 0 Å². The predicted octanol–water partition coefficient (Wildman–Crippen LogP) is 2.89. The molecule has 2 atom stereocenters. The lowest BCUT2D eigenvalue weighted by Crippen LogP contribution is -2.38. The molecular formula is C14H24N2. The van der Waals surface area contributed by atoms with E-state index in [0.29, 0.717) is 17.9 Å². The third kappa shape index (κ3) is 3.93. The maximum Gasteiger partial charge on any atom is 0.0300 e. The number of pyridine rings is 1. The number of nitrogens with zero attached hydrogens (tertiary/aromatic N) is 1. The Hall–Kier alpha value is -0.890. The average Bonchev–Trinajstić information content (AvgIpc) is 2.29. The molecule has 2 heteroatoms. The highest BCUT2D eigenvalue weighted by Gasteiger charge is 2.19. The molecule has 0 aliphatic rings. The van der Waals surface area contributed by atoms with Crippen molar-refractivity contribution >= 4 is 0 Å². The Morgan fingerprint density at radius 2 is 2.06 bits per heavy atom. The molecule has 0 aliphatic carbocycles. The molecule has 1 rings (SSSR count). The van der Waals surface area contributed by atoms with Crippen molar-refractivity contribution in [3.05, 3.63) is 30.1 Å². The van der Waals surface area contributed by atoms with Crippen LogP contribution in [0.1, 0.15) is 33.3 Å². The maximum atomic E-state index is 4.17. The first-order valence-electron chi connectivity index (χ1n) is 6.27. The fraction of sp³-hybridized carbons (Fsp3) is 0.643. The van der Waals surface area contributed by atoms with Crippen molar-refractivity contribution in [2.45, 2.75) is 40.2 Å². The Balaban J connectivity index is 2.64. The summed E-state index contributed by atoms with van der Waals surface area (Å²) in [7, 11) is 0. The molecule has 1 aromatic heterocycles. The molecule has 0 bridgehead atoms. The number of hydrogen-bond acceptors (Lipinski definition) is 2. The van der Waals surface area contributed by atoms with Crippen molar-refractivity contribution in [2.24, 2.45) is 11.8 Å². The summed E-state index contributed by atoms with van der Waals surface area (Å²) in [5, 5.41) is 3.58. The summed E-state index contributed by atoms with van der Waals surface area (Å²) in [5.41, 5.74) is 1.32. The van der Waals surface area contributed by atoms with Gasteiger partial charge in [0, 0.05) is 18.4 Å². The molecule has 0 spiro atoms. The Morgan fingerprint density at radius 1 is 1.31 bits per heavy atom. The van der Waals surface area contributed by atoms with E-state index in [1.54, 1.807) is 0 Å². The second-order valence-corrected chi connectivity index (χ2v) is 4.83. The molecule has 0 radical (unpaired) electrons. The van der Waals surface area contributed by atoms with Gasteiger partial charge in [-0.05, 0) is 36.4 Å². The van der Waals surface area contributed by atoms with Gasteiger partial charge in [0.05, 0.1) is 0 Å². The Bertz CT molecular complexity index is 282. The summed E-state index contributed by atoms with van der Waals surface area (Å²) in [6.07, 6.45) is 4.87. The second-order valence-electron chi connectivity index (χ2n) is 4.83. The van der Waals surface area contributed by atoms with Crippen LogP contribution >= 0.6 is 0 Å². The quantitative estimate of drug-likeness (QED) is 0.797. The third-order valence-electron chi connectivity index (χ3n) is 3.33. The van der Waals surface area contributed by atoms with Gasteiger partial charge in [-0.1, -0.05) is 33.8 Å². The molecule has 0 saturated heterocycles. The number of aromatic nitrogens is 1. The van der Waals surface area contributed by atoms with Gasteiger partial charge in [0.1, 0.15) is 0 Å². The fourth-order valence-electron chi connectivity index (χ4n) is 1.94. The summed E-state index contributed by atoms with van der Waals surface area (Å²) >= 11 is 0. The van der Waals surface area contributed by atoms with E-state index in [2.05, 4.69) is 44.1 Å². The van der Waals surface area contributed by atoms with Crippen LogP contribution in [0.25, 0.3) is 0 Å². The molecule has 2 unspecified atom stereocenters. The molecule has 1 aromatic rings. The first-order chi connectivity index (χ1) is 7.65. The average molecular weight is 220 g/mol. The van der Waals surface area contributed by atoms with Gasteiger partial charge in [0.25, 0.3) is 0 Å². The van der Waals surface area contributed by atoms with E-state index < -0.39 is 0 Å². The Labute approximate surface area is 99.5 Å². The first-order valence-corrected chi connectivity index (χ1v) is 6.27. The van der Waals surface area contributed by atoms with Gasteiger partial charge >= 0.3 is 0 Å². The van der Waals surface area contributed by atoms with E-state index in [1.165, 1.54) is 5.56 Å². The lowest BCUT2D eigenvalue weighted by Gasteiger charge is -2.27. The molecule has 16 heavy (non-hydrogen) atoms. The van der Waals surface area contributed by atoms with Gasteiger partial charge in [-0.2, -0.15) is 0 Å². The standard InChI is InChI=1S/C14H24N2/c1-5-16-14(12(4)11(2)3)9-13-7-6-8-15-10-13/h6-8,10-12,14,16H,5,9H2,1-4H3. The van der Waals surface area contributed by atoms with E-state index in [4.69, 9.17) is 0 Å². The molecule has 0 saturated carbocycles. The van der Waals surface area contributed by atoms with Crippen molar-refractivity contribution < 1.29 is 0 Å². The number of rotatable bonds is 6. The summed E-state index contributed by atoms with van der Waals surface area (Å²) in [5.74, 6) is 1.39. The van der Waals surface area contributed by atoms with Crippen LogP contribution in [-0.2, 0) is 6.42 Å². The van der Waals surface area contributed by atoms with Crippen molar-refractivity contribution in [2.75, 3.05) is 6.54 Å². The fourth-order valence-corrected chi connectivity index (χ4v) is 1.94. The van der Waals surface area contributed by atoms with Gasteiger partial charge in [-0.25, -0.2) is 0 Å². The minimum absolute atomic E-state index is 0.550. The zero-order valence-corrected chi connectivity index (χ0v) is 10.9. The van der Waals surface area contributed by atoms with Crippen molar-refractivity contribution in [3.63, 3.8) is 0 Å². The molecule has 90 valence electrons. The van der Waals surface area contributed by atoms with Crippen LogP contribution in [0.2, 0.25) is 0 Å². The van der Waals surface area contributed by atoms with Gasteiger partial charge in [-0.3, -0.25) is 4.98 Å². The molecule has 2 nitrogen and oxygen atoms in total.